The van der Waals surface area contributed by atoms with Crippen LogP contribution in [0.15, 0.2) is 23.4 Å². The molecule has 0 unspecified atom stereocenters. The van der Waals surface area contributed by atoms with Crippen LogP contribution in [0.5, 0.6) is 0 Å². The SMILES string of the molecule is CC1CCC(NS(=O)(=O)c2ncccc2NN)CC1. The Morgan fingerprint density at radius 3 is 2.63 bits per heavy atom. The predicted octanol–water partition coefficient (Wildman–Crippen LogP) is 1.22. The van der Waals surface area contributed by atoms with Gasteiger partial charge in [0.1, 0.15) is 0 Å². The molecule has 1 fully saturated rings. The molecule has 0 amide bonds. The van der Waals surface area contributed by atoms with Gasteiger partial charge in [0.2, 0.25) is 0 Å². The number of hydrazine groups is 1. The van der Waals surface area contributed by atoms with Gasteiger partial charge >= 0.3 is 0 Å². The number of anilines is 1. The molecule has 0 radical (unpaired) electrons. The maximum atomic E-state index is 12.3. The highest BCUT2D eigenvalue weighted by Gasteiger charge is 2.26. The molecule has 6 nitrogen and oxygen atoms in total. The second-order valence-corrected chi connectivity index (χ2v) is 6.71. The van der Waals surface area contributed by atoms with Crippen LogP contribution in [0.4, 0.5) is 5.69 Å². The van der Waals surface area contributed by atoms with E-state index in [2.05, 4.69) is 22.1 Å². The monoisotopic (exact) mass is 284 g/mol. The first-order chi connectivity index (χ1) is 9.03. The fourth-order valence-electron chi connectivity index (χ4n) is 2.37. The van der Waals surface area contributed by atoms with Crippen molar-refractivity contribution in [3.05, 3.63) is 18.3 Å². The van der Waals surface area contributed by atoms with Gasteiger partial charge in [0.15, 0.2) is 5.03 Å². The Labute approximate surface area is 113 Å². The summed E-state index contributed by atoms with van der Waals surface area (Å²) in [6, 6.07) is 3.22. The molecule has 1 aliphatic rings. The molecule has 1 saturated carbocycles. The van der Waals surface area contributed by atoms with Crippen molar-refractivity contribution < 1.29 is 8.42 Å². The number of pyridine rings is 1. The number of hydrogen-bond donors (Lipinski definition) is 3. The van der Waals surface area contributed by atoms with E-state index < -0.39 is 10.0 Å². The van der Waals surface area contributed by atoms with Crippen molar-refractivity contribution in [2.75, 3.05) is 5.43 Å². The van der Waals surface area contributed by atoms with Gasteiger partial charge in [0, 0.05) is 12.2 Å². The molecule has 4 N–H and O–H groups in total. The van der Waals surface area contributed by atoms with Crippen molar-refractivity contribution in [2.24, 2.45) is 11.8 Å². The molecule has 19 heavy (non-hydrogen) atoms. The number of nitrogens with two attached hydrogens (primary N) is 1. The van der Waals surface area contributed by atoms with Gasteiger partial charge in [-0.1, -0.05) is 6.92 Å². The third-order valence-corrected chi connectivity index (χ3v) is 5.00. The normalized spacial score (nSPS) is 24.1. The van der Waals surface area contributed by atoms with Crippen molar-refractivity contribution in [3.8, 4) is 0 Å². The van der Waals surface area contributed by atoms with Crippen molar-refractivity contribution in [2.45, 2.75) is 43.7 Å². The first kappa shape index (κ1) is 14.2. The van der Waals surface area contributed by atoms with Gasteiger partial charge in [0.05, 0.1) is 5.69 Å². The lowest BCUT2D eigenvalue weighted by molar-refractivity contribution is 0.332. The first-order valence-corrected chi connectivity index (χ1v) is 7.95. The quantitative estimate of drug-likeness (QED) is 0.570. The van der Waals surface area contributed by atoms with Crippen LogP contribution < -0.4 is 16.0 Å². The van der Waals surface area contributed by atoms with E-state index in [1.807, 2.05) is 0 Å². The summed E-state index contributed by atoms with van der Waals surface area (Å²) in [5.41, 5.74) is 2.67. The molecule has 7 heteroatoms. The smallest absolute Gasteiger partial charge is 0.260 e. The van der Waals surface area contributed by atoms with Crippen molar-refractivity contribution in [1.82, 2.24) is 9.71 Å². The van der Waals surface area contributed by atoms with Crippen LogP contribution in [0.1, 0.15) is 32.6 Å². The Kier molecular flexibility index (Phi) is 4.38. The molecule has 1 aromatic rings. The number of nitrogens with one attached hydrogen (secondary N) is 2. The van der Waals surface area contributed by atoms with Crippen LogP contribution >= 0.6 is 0 Å². The molecule has 0 saturated heterocycles. The Morgan fingerprint density at radius 2 is 2.00 bits per heavy atom. The summed E-state index contributed by atoms with van der Waals surface area (Å²) in [4.78, 5) is 3.91. The molecule has 1 aromatic heterocycles. The van der Waals surface area contributed by atoms with Gasteiger partial charge in [-0.2, -0.15) is 0 Å². The zero-order valence-electron chi connectivity index (χ0n) is 11.0. The molecular formula is C12H20N4O2S. The van der Waals surface area contributed by atoms with Crippen LogP contribution in [0.2, 0.25) is 0 Å². The molecule has 0 aromatic carbocycles. The number of nitrogens with zero attached hydrogens (tertiary/aromatic N) is 1. The van der Waals surface area contributed by atoms with E-state index in [0.717, 1.165) is 25.7 Å². The fourth-order valence-corrected chi connectivity index (χ4v) is 3.77. The topological polar surface area (TPSA) is 97.1 Å². The molecule has 1 aliphatic carbocycles. The maximum absolute atomic E-state index is 12.3. The summed E-state index contributed by atoms with van der Waals surface area (Å²) in [5, 5.41) is -0.0453. The Morgan fingerprint density at radius 1 is 1.32 bits per heavy atom. The third kappa shape index (κ3) is 3.43. The average molecular weight is 284 g/mol. The summed E-state index contributed by atoms with van der Waals surface area (Å²) < 4.78 is 27.3. The van der Waals surface area contributed by atoms with Crippen molar-refractivity contribution >= 4 is 15.7 Å². The minimum Gasteiger partial charge on any atom is -0.321 e. The van der Waals surface area contributed by atoms with Crippen LogP contribution in [0.25, 0.3) is 0 Å². The van der Waals surface area contributed by atoms with E-state index in [-0.39, 0.29) is 11.1 Å². The van der Waals surface area contributed by atoms with Gasteiger partial charge in [0.25, 0.3) is 10.0 Å². The van der Waals surface area contributed by atoms with E-state index >= 15 is 0 Å². The molecule has 0 aliphatic heterocycles. The van der Waals surface area contributed by atoms with Gasteiger partial charge in [-0.05, 0) is 43.7 Å². The first-order valence-electron chi connectivity index (χ1n) is 6.47. The van der Waals surface area contributed by atoms with Gasteiger partial charge in [-0.25, -0.2) is 18.1 Å². The van der Waals surface area contributed by atoms with E-state index in [1.165, 1.54) is 6.20 Å². The second-order valence-electron chi connectivity index (χ2n) is 5.08. The Bertz CT molecular complexity index is 524. The Balaban J connectivity index is 2.14. The molecule has 2 rings (SSSR count). The van der Waals surface area contributed by atoms with E-state index in [1.54, 1.807) is 12.1 Å². The number of hydrogen-bond acceptors (Lipinski definition) is 5. The summed E-state index contributed by atoms with van der Waals surface area (Å²) in [7, 11) is -3.62. The maximum Gasteiger partial charge on any atom is 0.260 e. The highest BCUT2D eigenvalue weighted by Crippen LogP contribution is 2.25. The number of nitrogen functional groups attached to an aromatic ring is 1. The molecule has 0 spiro atoms. The number of rotatable bonds is 4. The largest absolute Gasteiger partial charge is 0.321 e. The lowest BCUT2D eigenvalue weighted by Gasteiger charge is -2.26. The lowest BCUT2D eigenvalue weighted by Crippen LogP contribution is -2.38. The highest BCUT2D eigenvalue weighted by atomic mass is 32.2. The minimum absolute atomic E-state index is 0.00571. The van der Waals surface area contributed by atoms with Gasteiger partial charge in [-0.3, -0.25) is 5.84 Å². The van der Waals surface area contributed by atoms with E-state index in [9.17, 15) is 8.42 Å². The van der Waals surface area contributed by atoms with Crippen LogP contribution in [0, 0.1) is 5.92 Å². The van der Waals surface area contributed by atoms with E-state index in [0.29, 0.717) is 11.6 Å². The highest BCUT2D eigenvalue weighted by molar-refractivity contribution is 7.89. The van der Waals surface area contributed by atoms with Crippen LogP contribution in [0.3, 0.4) is 0 Å². The van der Waals surface area contributed by atoms with Gasteiger partial charge < -0.3 is 5.43 Å². The van der Waals surface area contributed by atoms with Gasteiger partial charge in [-0.15, -0.1) is 0 Å². The summed E-state index contributed by atoms with van der Waals surface area (Å²) in [6.07, 6.45) is 5.30. The summed E-state index contributed by atoms with van der Waals surface area (Å²) in [5.74, 6) is 5.99. The number of aromatic nitrogens is 1. The van der Waals surface area contributed by atoms with E-state index in [4.69, 9.17) is 5.84 Å². The average Bonchev–Trinajstić information content (AvgIpc) is 2.41. The summed E-state index contributed by atoms with van der Waals surface area (Å²) in [6.45, 7) is 2.19. The van der Waals surface area contributed by atoms with Crippen LogP contribution in [-0.2, 0) is 10.0 Å². The molecule has 0 bridgehead atoms. The van der Waals surface area contributed by atoms with Crippen molar-refractivity contribution in [1.29, 1.82) is 0 Å². The Hall–Kier alpha value is -1.18. The van der Waals surface area contributed by atoms with Crippen molar-refractivity contribution in [3.63, 3.8) is 0 Å². The zero-order chi connectivity index (χ0) is 13.9. The predicted molar refractivity (Wildman–Crippen MR) is 73.8 cm³/mol. The lowest BCUT2D eigenvalue weighted by atomic mass is 9.88. The summed E-state index contributed by atoms with van der Waals surface area (Å²) >= 11 is 0. The fraction of sp³-hybridized carbons (Fsp3) is 0.583. The second kappa shape index (κ2) is 5.85. The third-order valence-electron chi connectivity index (χ3n) is 3.52. The standard InChI is InChI=1S/C12H20N4O2S/c1-9-4-6-10(7-5-9)16-19(17,18)12-11(15-13)3-2-8-14-12/h2-3,8-10,15-16H,4-7,13H2,1H3. The zero-order valence-corrected chi connectivity index (χ0v) is 11.8. The minimum atomic E-state index is -3.62. The molecule has 0 atom stereocenters. The number of sulfonamides is 1. The molecule has 106 valence electrons. The molecule has 1 heterocycles. The molecular weight excluding hydrogens is 264 g/mol. The van der Waals surface area contributed by atoms with Crippen LogP contribution in [-0.4, -0.2) is 19.4 Å².